The van der Waals surface area contributed by atoms with Crippen LogP contribution in [0.2, 0.25) is 5.02 Å². The lowest BCUT2D eigenvalue weighted by molar-refractivity contribution is 0.0952. The van der Waals surface area contributed by atoms with Crippen LogP contribution in [0.15, 0.2) is 73.4 Å². The van der Waals surface area contributed by atoms with E-state index < -0.39 is 0 Å². The van der Waals surface area contributed by atoms with Gasteiger partial charge in [-0.1, -0.05) is 80.8 Å². The highest BCUT2D eigenvalue weighted by molar-refractivity contribution is 6.34. The first-order chi connectivity index (χ1) is 21.4. The predicted octanol–water partition coefficient (Wildman–Crippen LogP) is 10.1. The van der Waals surface area contributed by atoms with E-state index in [0.29, 0.717) is 18.0 Å². The van der Waals surface area contributed by atoms with Gasteiger partial charge in [0.15, 0.2) is 0 Å². The molecule has 0 bridgehead atoms. The van der Waals surface area contributed by atoms with Gasteiger partial charge >= 0.3 is 0 Å². The number of hydrogen-bond donors (Lipinski definition) is 2. The van der Waals surface area contributed by atoms with Gasteiger partial charge in [0.05, 0.1) is 16.1 Å². The minimum atomic E-state index is 0.000267. The zero-order chi connectivity index (χ0) is 30.9. The Labute approximate surface area is 266 Å². The summed E-state index contributed by atoms with van der Waals surface area (Å²) < 4.78 is 2.11. The Balaban J connectivity index is 1.14. The molecular weight excluding hydrogens is 564 g/mol. The first kappa shape index (κ1) is 31.6. The number of benzene rings is 3. The number of carbonyl (C=O) groups excluding carboxylic acids is 1. The average molecular weight is 609 g/mol. The summed E-state index contributed by atoms with van der Waals surface area (Å²) in [6.07, 6.45) is 17.1. The molecule has 3 aromatic carbocycles. The largest absolute Gasteiger partial charge is 0.352 e. The highest BCUT2D eigenvalue weighted by Crippen LogP contribution is 2.33. The number of aromatic nitrogens is 3. The lowest BCUT2D eigenvalue weighted by Gasteiger charge is -2.10. The zero-order valence-corrected chi connectivity index (χ0v) is 27.0. The standard InChI is InChI=1S/C38H45ClN4O/c1-4-5-6-7-8-9-10-11-12-13-14-20-40-38(44)31-22-28(16-15-27(31)2)23-37-41-34-25-32(33(39)26-35(34)42-37)29-17-18-36-30(24-29)19-21-43(36)3/h4,15-19,21-22,24-26H,1,5-14,20,23H2,2-3H3,(H,40,44)(H,41,42). The highest BCUT2D eigenvalue weighted by atomic mass is 35.5. The van der Waals surface area contributed by atoms with Gasteiger partial charge in [-0.25, -0.2) is 4.98 Å². The molecule has 0 saturated heterocycles. The maximum absolute atomic E-state index is 13.0. The van der Waals surface area contributed by atoms with Crippen molar-refractivity contribution in [3.8, 4) is 11.1 Å². The summed E-state index contributed by atoms with van der Waals surface area (Å²) in [7, 11) is 2.05. The van der Waals surface area contributed by atoms with E-state index in [4.69, 9.17) is 16.6 Å². The Morgan fingerprint density at radius 2 is 1.70 bits per heavy atom. The van der Waals surface area contributed by atoms with Crippen molar-refractivity contribution in [2.45, 2.75) is 77.6 Å². The molecule has 0 fully saturated rings. The molecule has 6 heteroatoms. The quantitative estimate of drug-likeness (QED) is 0.0864. The van der Waals surface area contributed by atoms with Crippen LogP contribution in [0.4, 0.5) is 0 Å². The molecule has 5 aromatic rings. The molecule has 2 aromatic heterocycles. The number of amides is 1. The summed E-state index contributed by atoms with van der Waals surface area (Å²) in [4.78, 5) is 21.4. The number of H-pyrrole nitrogens is 1. The Morgan fingerprint density at radius 3 is 2.48 bits per heavy atom. The second kappa shape index (κ2) is 15.3. The van der Waals surface area contributed by atoms with Gasteiger partial charge in [-0.2, -0.15) is 0 Å². The van der Waals surface area contributed by atoms with Crippen LogP contribution in [-0.2, 0) is 13.5 Å². The number of hydrogen-bond acceptors (Lipinski definition) is 2. The van der Waals surface area contributed by atoms with E-state index in [2.05, 4.69) is 64.0 Å². The summed E-state index contributed by atoms with van der Waals surface area (Å²) in [6, 6.07) is 18.6. The minimum absolute atomic E-state index is 0.000267. The maximum atomic E-state index is 13.0. The van der Waals surface area contributed by atoms with Crippen molar-refractivity contribution < 1.29 is 4.79 Å². The Morgan fingerprint density at radius 1 is 0.955 bits per heavy atom. The SMILES string of the molecule is C=CCCCCCCCCCCCNC(=O)c1cc(Cc2nc3cc(-c4ccc5c(ccn5C)c4)c(Cl)cc3[nH]2)ccc1C. The van der Waals surface area contributed by atoms with E-state index in [-0.39, 0.29) is 5.91 Å². The third-order valence-electron chi connectivity index (χ3n) is 8.60. The minimum Gasteiger partial charge on any atom is -0.352 e. The van der Waals surface area contributed by atoms with E-state index in [1.165, 1.54) is 55.8 Å². The molecule has 0 unspecified atom stereocenters. The third kappa shape index (κ3) is 8.00. The van der Waals surface area contributed by atoms with Gasteiger partial charge in [0.2, 0.25) is 0 Å². The number of rotatable bonds is 16. The molecule has 2 N–H and O–H groups in total. The number of fused-ring (bicyclic) bond motifs is 2. The van der Waals surface area contributed by atoms with Gasteiger partial charge in [-0.3, -0.25) is 4.79 Å². The van der Waals surface area contributed by atoms with Crippen LogP contribution < -0.4 is 5.32 Å². The van der Waals surface area contributed by atoms with Gasteiger partial charge < -0.3 is 14.9 Å². The number of nitrogens with one attached hydrogen (secondary N) is 2. The van der Waals surface area contributed by atoms with Crippen LogP contribution in [-0.4, -0.2) is 27.0 Å². The summed E-state index contributed by atoms with van der Waals surface area (Å²) in [5, 5.41) is 5.00. The number of unbranched alkanes of at least 4 members (excludes halogenated alkanes) is 9. The Kier molecular flexibility index (Phi) is 11.0. The summed E-state index contributed by atoms with van der Waals surface area (Å²) in [5.74, 6) is 0.846. The van der Waals surface area contributed by atoms with Crippen LogP contribution in [0.25, 0.3) is 33.1 Å². The van der Waals surface area contributed by atoms with E-state index in [1.54, 1.807) is 0 Å². The third-order valence-corrected chi connectivity index (χ3v) is 8.92. The molecule has 0 aliphatic carbocycles. The van der Waals surface area contributed by atoms with E-state index >= 15 is 0 Å². The normalized spacial score (nSPS) is 11.4. The number of aromatic amines is 1. The molecular formula is C38H45ClN4O. The van der Waals surface area contributed by atoms with Crippen molar-refractivity contribution in [2.24, 2.45) is 7.05 Å². The Hall–Kier alpha value is -3.83. The van der Waals surface area contributed by atoms with E-state index in [0.717, 1.165) is 63.9 Å². The molecule has 5 nitrogen and oxygen atoms in total. The number of halogens is 1. The molecule has 0 aliphatic heterocycles. The molecule has 0 atom stereocenters. The lowest BCUT2D eigenvalue weighted by atomic mass is 10.0. The van der Waals surface area contributed by atoms with Crippen molar-refractivity contribution in [1.82, 2.24) is 19.9 Å². The fourth-order valence-electron chi connectivity index (χ4n) is 6.00. The summed E-state index contributed by atoms with van der Waals surface area (Å²) in [5.41, 5.74) is 7.76. The van der Waals surface area contributed by atoms with Gasteiger partial charge in [-0.15, -0.1) is 6.58 Å². The van der Waals surface area contributed by atoms with Crippen molar-refractivity contribution >= 4 is 39.4 Å². The number of imidazole rings is 1. The monoisotopic (exact) mass is 608 g/mol. The molecule has 44 heavy (non-hydrogen) atoms. The second-order valence-corrected chi connectivity index (χ2v) is 12.5. The van der Waals surface area contributed by atoms with Crippen molar-refractivity contribution in [3.63, 3.8) is 0 Å². The Bertz CT molecular complexity index is 1730. The molecule has 2 heterocycles. The zero-order valence-electron chi connectivity index (χ0n) is 26.2. The van der Waals surface area contributed by atoms with E-state index in [9.17, 15) is 4.79 Å². The van der Waals surface area contributed by atoms with Gasteiger partial charge in [-0.05, 0) is 79.3 Å². The molecule has 0 radical (unpaired) electrons. The highest BCUT2D eigenvalue weighted by Gasteiger charge is 2.14. The van der Waals surface area contributed by atoms with Crippen LogP contribution >= 0.6 is 11.6 Å². The first-order valence-corrected chi connectivity index (χ1v) is 16.5. The molecule has 0 saturated carbocycles. The van der Waals surface area contributed by atoms with Crippen molar-refractivity contribution in [3.05, 3.63) is 101 Å². The van der Waals surface area contributed by atoms with Gasteiger partial charge in [0.25, 0.3) is 5.91 Å². The number of nitrogens with zero attached hydrogens (tertiary/aromatic N) is 2. The molecule has 0 spiro atoms. The lowest BCUT2D eigenvalue weighted by Crippen LogP contribution is -2.25. The number of aryl methyl sites for hydroxylation is 2. The van der Waals surface area contributed by atoms with Crippen LogP contribution in [0.1, 0.15) is 91.5 Å². The molecule has 1 amide bonds. The molecule has 5 rings (SSSR count). The molecule has 230 valence electrons. The number of allylic oxidation sites excluding steroid dienone is 1. The predicted molar refractivity (Wildman–Crippen MR) is 186 cm³/mol. The second-order valence-electron chi connectivity index (χ2n) is 12.1. The van der Waals surface area contributed by atoms with Crippen LogP contribution in [0.3, 0.4) is 0 Å². The summed E-state index contributed by atoms with van der Waals surface area (Å²) >= 11 is 6.75. The average Bonchev–Trinajstić information content (AvgIpc) is 3.59. The van der Waals surface area contributed by atoms with Gasteiger partial charge in [0.1, 0.15) is 5.82 Å². The number of carbonyl (C=O) groups is 1. The fraction of sp³-hybridized carbons (Fsp3) is 0.368. The van der Waals surface area contributed by atoms with Gasteiger partial charge in [0, 0.05) is 48.2 Å². The fourth-order valence-corrected chi connectivity index (χ4v) is 6.28. The van der Waals surface area contributed by atoms with E-state index in [1.807, 2.05) is 38.2 Å². The maximum Gasteiger partial charge on any atom is 0.251 e. The summed E-state index contributed by atoms with van der Waals surface area (Å²) in [6.45, 7) is 6.50. The van der Waals surface area contributed by atoms with Crippen molar-refractivity contribution in [1.29, 1.82) is 0 Å². The van der Waals surface area contributed by atoms with Crippen LogP contribution in [0, 0.1) is 6.92 Å². The van der Waals surface area contributed by atoms with Crippen LogP contribution in [0.5, 0.6) is 0 Å². The topological polar surface area (TPSA) is 62.7 Å². The van der Waals surface area contributed by atoms with Crippen molar-refractivity contribution in [2.75, 3.05) is 6.54 Å². The molecule has 0 aliphatic rings. The smallest absolute Gasteiger partial charge is 0.251 e. The first-order valence-electron chi connectivity index (χ1n) is 16.1.